The van der Waals surface area contributed by atoms with Crippen molar-refractivity contribution in [3.8, 4) is 0 Å². The Balaban J connectivity index is 1.48. The summed E-state index contributed by atoms with van der Waals surface area (Å²) in [6.07, 6.45) is -11.9. The van der Waals surface area contributed by atoms with Crippen molar-refractivity contribution in [2.45, 2.75) is 87.0 Å². The van der Waals surface area contributed by atoms with E-state index in [-0.39, 0.29) is 25.0 Å². The first kappa shape index (κ1) is 40.0. The number of alkyl halides is 6. The van der Waals surface area contributed by atoms with Gasteiger partial charge in [-0.2, -0.15) is 26.3 Å². The van der Waals surface area contributed by atoms with Crippen LogP contribution in [0.25, 0.3) is 0 Å². The molecule has 1 saturated carbocycles. The highest BCUT2D eigenvalue weighted by Crippen LogP contribution is 2.62. The van der Waals surface area contributed by atoms with E-state index in [9.17, 15) is 32.3 Å². The summed E-state index contributed by atoms with van der Waals surface area (Å²) in [5.74, 6) is -8.68. The molecule has 7 rings (SSSR count). The molecule has 3 heterocycles. The number of Topliss-reactive ketones (excluding diaryl/α,β-unsaturated/α-hetero) is 1. The molecule has 2 aromatic carbocycles. The van der Waals surface area contributed by atoms with Gasteiger partial charge < -0.3 is 28.4 Å². The molecule has 3 fully saturated rings. The highest BCUT2D eigenvalue weighted by Gasteiger charge is 2.74. The van der Waals surface area contributed by atoms with E-state index in [0.29, 0.717) is 14.2 Å². The molecule has 0 N–H and O–H groups in total. The van der Waals surface area contributed by atoms with E-state index in [1.807, 2.05) is 0 Å². The van der Waals surface area contributed by atoms with Crippen molar-refractivity contribution in [1.82, 2.24) is 0 Å². The molecule has 0 aromatic heterocycles. The Morgan fingerprint density at radius 3 is 1.76 bits per heavy atom. The van der Waals surface area contributed by atoms with Gasteiger partial charge in [-0.25, -0.2) is 14.4 Å². The zero-order valence-corrected chi connectivity index (χ0v) is 30.3. The molecule has 5 bridgehead atoms. The van der Waals surface area contributed by atoms with Crippen LogP contribution in [0.1, 0.15) is 51.2 Å². The minimum Gasteiger partial charge on any atom is -0.482 e. The SMILES string of the molecule is CO[C@](C(=O)O[C@@H]1[C@H]2/C=C/[C@@H](OC(=O)[C@@](OC)(c3ccccc3)C(F)(F)F)[C@H](C)CCC(=O)C3=C4O[C@]1(C)[C@H](C)C[C@]42OC3=O)(c1ccccc1)C(F)(F)F. The molecule has 1 spiro atoms. The summed E-state index contributed by atoms with van der Waals surface area (Å²) in [4.78, 5) is 55.0. The molecule has 10 nitrogen and oxygen atoms in total. The number of ether oxygens (including phenoxy) is 6. The molecule has 2 aliphatic carbocycles. The number of hydrogen-bond acceptors (Lipinski definition) is 10. The quantitative estimate of drug-likeness (QED) is 0.0956. The monoisotopic (exact) mass is 780 g/mol. The number of ketones is 1. The van der Waals surface area contributed by atoms with Gasteiger partial charge in [-0.3, -0.25) is 4.79 Å². The summed E-state index contributed by atoms with van der Waals surface area (Å²) >= 11 is 0. The number of benzene rings is 2. The van der Waals surface area contributed by atoms with Gasteiger partial charge in [0.25, 0.3) is 11.2 Å². The summed E-state index contributed by atoms with van der Waals surface area (Å²) in [5, 5.41) is 0. The van der Waals surface area contributed by atoms with Crippen LogP contribution >= 0.6 is 0 Å². The predicted octanol–water partition coefficient (Wildman–Crippen LogP) is 6.57. The molecule has 9 atom stereocenters. The number of hydrogen-bond donors (Lipinski definition) is 0. The maximum absolute atomic E-state index is 15.0. The van der Waals surface area contributed by atoms with E-state index < -0.39 is 105 Å². The number of fused-ring (bicyclic) bond motifs is 1. The zero-order chi connectivity index (χ0) is 40.4. The highest BCUT2D eigenvalue weighted by atomic mass is 19.4. The third-order valence-corrected chi connectivity index (χ3v) is 11.4. The van der Waals surface area contributed by atoms with Gasteiger partial charge in [-0.1, -0.05) is 80.6 Å². The van der Waals surface area contributed by atoms with Crippen LogP contribution in [0.2, 0.25) is 0 Å². The van der Waals surface area contributed by atoms with Gasteiger partial charge in [0.2, 0.25) is 0 Å². The lowest BCUT2D eigenvalue weighted by atomic mass is 9.58. The molecule has 296 valence electrons. The smallest absolute Gasteiger partial charge is 0.432 e. The molecule has 0 amide bonds. The summed E-state index contributed by atoms with van der Waals surface area (Å²) < 4.78 is 123. The van der Waals surface area contributed by atoms with Crippen LogP contribution in [0.5, 0.6) is 0 Å². The second-order valence-electron chi connectivity index (χ2n) is 14.4. The second-order valence-corrected chi connectivity index (χ2v) is 14.4. The van der Waals surface area contributed by atoms with Crippen molar-refractivity contribution in [3.63, 3.8) is 0 Å². The molecule has 3 aliphatic heterocycles. The first-order valence-electron chi connectivity index (χ1n) is 17.4. The van der Waals surface area contributed by atoms with Gasteiger partial charge in [0, 0.05) is 44.1 Å². The topological polar surface area (TPSA) is 124 Å². The van der Waals surface area contributed by atoms with Gasteiger partial charge >= 0.3 is 30.3 Å². The Morgan fingerprint density at radius 1 is 0.764 bits per heavy atom. The summed E-state index contributed by atoms with van der Waals surface area (Å²) in [7, 11) is 1.39. The molecule has 16 heteroatoms. The first-order valence-corrected chi connectivity index (χ1v) is 17.4. The van der Waals surface area contributed by atoms with Gasteiger partial charge in [-0.05, 0) is 25.3 Å². The molecule has 2 aromatic rings. The van der Waals surface area contributed by atoms with Gasteiger partial charge in [0.15, 0.2) is 23.2 Å². The van der Waals surface area contributed by atoms with Crippen LogP contribution < -0.4 is 0 Å². The first-order chi connectivity index (χ1) is 25.7. The van der Waals surface area contributed by atoms with Gasteiger partial charge in [0.05, 0.1) is 5.92 Å². The van der Waals surface area contributed by atoms with Crippen LogP contribution in [-0.4, -0.2) is 73.7 Å². The van der Waals surface area contributed by atoms with E-state index in [4.69, 9.17) is 28.4 Å². The summed E-state index contributed by atoms with van der Waals surface area (Å²) in [6.45, 7) is 4.57. The molecule has 5 aliphatic rings. The number of carbonyl (C=O) groups is 4. The Hall–Kier alpha value is -4.70. The van der Waals surface area contributed by atoms with Crippen molar-refractivity contribution in [2.24, 2.45) is 17.8 Å². The average molecular weight is 781 g/mol. The fraction of sp³-hybridized carbons (Fsp3) is 0.487. The van der Waals surface area contributed by atoms with Crippen LogP contribution in [0.15, 0.2) is 84.1 Å². The van der Waals surface area contributed by atoms with Crippen LogP contribution in [0, 0.1) is 17.8 Å². The number of carbonyl (C=O) groups excluding carboxylic acids is 4. The molecular formula is C39H38F6O10. The minimum atomic E-state index is -5.37. The summed E-state index contributed by atoms with van der Waals surface area (Å²) in [6, 6.07) is 12.1. The fourth-order valence-electron chi connectivity index (χ4n) is 8.20. The molecule has 0 unspecified atom stereocenters. The zero-order valence-electron chi connectivity index (χ0n) is 30.3. The Morgan fingerprint density at radius 2 is 1.27 bits per heavy atom. The van der Waals surface area contributed by atoms with Gasteiger partial charge in [-0.15, -0.1) is 0 Å². The molecular weight excluding hydrogens is 742 g/mol. The van der Waals surface area contributed by atoms with Crippen molar-refractivity contribution >= 4 is 23.7 Å². The van der Waals surface area contributed by atoms with E-state index >= 15 is 13.2 Å². The lowest BCUT2D eigenvalue weighted by Gasteiger charge is -2.60. The summed E-state index contributed by atoms with van der Waals surface area (Å²) in [5.41, 5.74) is -12.4. The molecule has 0 radical (unpaired) electrons. The van der Waals surface area contributed by atoms with E-state index in [1.54, 1.807) is 6.92 Å². The number of halogens is 6. The lowest BCUT2D eigenvalue weighted by Crippen LogP contribution is -2.70. The van der Waals surface area contributed by atoms with E-state index in [2.05, 4.69) is 0 Å². The predicted molar refractivity (Wildman–Crippen MR) is 177 cm³/mol. The van der Waals surface area contributed by atoms with Crippen molar-refractivity contribution < 1.29 is 73.9 Å². The lowest BCUT2D eigenvalue weighted by molar-refractivity contribution is -0.299. The maximum Gasteiger partial charge on any atom is 0.432 e. The number of esters is 3. The van der Waals surface area contributed by atoms with Crippen molar-refractivity contribution in [1.29, 1.82) is 0 Å². The molecule has 55 heavy (non-hydrogen) atoms. The van der Waals surface area contributed by atoms with E-state index in [1.165, 1.54) is 62.4 Å². The van der Waals surface area contributed by atoms with Crippen molar-refractivity contribution in [2.75, 3.05) is 14.2 Å². The molecule has 2 saturated heterocycles. The van der Waals surface area contributed by atoms with E-state index in [0.717, 1.165) is 24.3 Å². The van der Waals surface area contributed by atoms with Crippen molar-refractivity contribution in [3.05, 3.63) is 95.3 Å². The highest BCUT2D eigenvalue weighted by molar-refractivity contribution is 6.19. The average Bonchev–Trinajstić information content (AvgIpc) is 3.40. The standard InChI is InChI=1S/C39H38F6O10/c1-21-16-18-26(46)28-30-35(55-31(28)47)20-22(2)34(3,54-30)29(53-33(49)37(51-5,39(43,44)45)24-14-10-7-11-15-24)25(35)17-19-27(21)52-32(48)36(50-4,38(40,41)42)23-12-8-6-9-13-23/h6-15,17,19,21-22,25,27,29H,16,18,20H2,1-5H3/b19-17+/t21-,22-,25-,27-,29-,34-,35-,36+,37+/m1/s1. The second kappa shape index (κ2) is 13.8. The maximum atomic E-state index is 15.0. The van der Waals surface area contributed by atoms with Crippen LogP contribution in [-0.2, 0) is 58.8 Å². The third-order valence-electron chi connectivity index (χ3n) is 11.4. The Labute approximate surface area is 311 Å². The normalized spacial score (nSPS) is 31.9. The Bertz CT molecular complexity index is 1910. The minimum absolute atomic E-state index is 0.0489. The number of methoxy groups -OCH3 is 2. The Kier molecular flexibility index (Phi) is 10.0. The largest absolute Gasteiger partial charge is 0.482 e. The van der Waals surface area contributed by atoms with Crippen LogP contribution in [0.3, 0.4) is 0 Å². The fourth-order valence-corrected chi connectivity index (χ4v) is 8.20. The van der Waals surface area contributed by atoms with Crippen LogP contribution in [0.4, 0.5) is 26.3 Å². The van der Waals surface area contributed by atoms with Gasteiger partial charge in [0.1, 0.15) is 17.3 Å². The number of rotatable bonds is 8. The third kappa shape index (κ3) is 5.94.